The standard InChI is InChI=1S/C20H22N2O4/c1-25-17-8-10-18(11-9-17)26-14-19(23)21-15-5-4-6-16(13-15)22-12-3-2-7-20(22)24/h4-6,8-11,13H,2-3,7,12,14H2,1H3,(H,21,23). The van der Waals surface area contributed by atoms with Crippen molar-refractivity contribution in [3.63, 3.8) is 0 Å². The highest BCUT2D eigenvalue weighted by Crippen LogP contribution is 2.24. The van der Waals surface area contributed by atoms with Gasteiger partial charge in [-0.05, 0) is 55.3 Å². The third-order valence-electron chi connectivity index (χ3n) is 4.19. The Labute approximate surface area is 152 Å². The summed E-state index contributed by atoms with van der Waals surface area (Å²) in [5, 5.41) is 2.80. The number of amides is 2. The highest BCUT2D eigenvalue weighted by atomic mass is 16.5. The third kappa shape index (κ3) is 4.53. The van der Waals surface area contributed by atoms with Gasteiger partial charge in [-0.1, -0.05) is 6.07 Å². The van der Waals surface area contributed by atoms with Gasteiger partial charge in [0.05, 0.1) is 7.11 Å². The number of hydrogen-bond acceptors (Lipinski definition) is 4. The zero-order valence-electron chi connectivity index (χ0n) is 14.7. The molecule has 6 nitrogen and oxygen atoms in total. The minimum Gasteiger partial charge on any atom is -0.497 e. The molecule has 0 saturated carbocycles. The molecule has 1 heterocycles. The van der Waals surface area contributed by atoms with Crippen LogP contribution in [0.15, 0.2) is 48.5 Å². The highest BCUT2D eigenvalue weighted by Gasteiger charge is 2.19. The molecule has 2 amide bonds. The third-order valence-corrected chi connectivity index (χ3v) is 4.19. The van der Waals surface area contributed by atoms with Gasteiger partial charge in [-0.25, -0.2) is 0 Å². The quantitative estimate of drug-likeness (QED) is 0.865. The number of methoxy groups -OCH3 is 1. The lowest BCUT2D eigenvalue weighted by atomic mass is 10.1. The van der Waals surface area contributed by atoms with Crippen molar-refractivity contribution in [3.8, 4) is 11.5 Å². The Kier molecular flexibility index (Phi) is 5.73. The molecule has 3 rings (SSSR count). The van der Waals surface area contributed by atoms with Crippen LogP contribution in [0.3, 0.4) is 0 Å². The first-order chi connectivity index (χ1) is 12.7. The van der Waals surface area contributed by atoms with Crippen LogP contribution in [-0.2, 0) is 9.59 Å². The summed E-state index contributed by atoms with van der Waals surface area (Å²) in [5.41, 5.74) is 1.45. The van der Waals surface area contributed by atoms with Crippen molar-refractivity contribution < 1.29 is 19.1 Å². The Hall–Kier alpha value is -3.02. The van der Waals surface area contributed by atoms with E-state index >= 15 is 0 Å². The summed E-state index contributed by atoms with van der Waals surface area (Å²) in [6.45, 7) is 0.621. The number of carbonyl (C=O) groups is 2. The molecule has 0 atom stereocenters. The number of anilines is 2. The number of nitrogens with zero attached hydrogens (tertiary/aromatic N) is 1. The van der Waals surface area contributed by atoms with Crippen LogP contribution in [0.5, 0.6) is 11.5 Å². The van der Waals surface area contributed by atoms with E-state index in [1.54, 1.807) is 42.3 Å². The van der Waals surface area contributed by atoms with E-state index in [0.717, 1.165) is 30.8 Å². The normalized spacial score (nSPS) is 14.0. The van der Waals surface area contributed by atoms with Crippen molar-refractivity contribution in [3.05, 3.63) is 48.5 Å². The molecule has 2 aromatic rings. The van der Waals surface area contributed by atoms with E-state index in [-0.39, 0.29) is 18.4 Å². The number of nitrogens with one attached hydrogen (secondary N) is 1. The predicted molar refractivity (Wildman–Crippen MR) is 99.8 cm³/mol. The fourth-order valence-corrected chi connectivity index (χ4v) is 2.85. The molecule has 1 fully saturated rings. The number of carbonyl (C=O) groups excluding carboxylic acids is 2. The first-order valence-corrected chi connectivity index (χ1v) is 8.63. The van der Waals surface area contributed by atoms with E-state index in [2.05, 4.69) is 5.32 Å². The van der Waals surface area contributed by atoms with Crippen molar-refractivity contribution in [1.82, 2.24) is 0 Å². The van der Waals surface area contributed by atoms with Crippen LogP contribution < -0.4 is 19.7 Å². The zero-order valence-corrected chi connectivity index (χ0v) is 14.7. The molecule has 0 unspecified atom stereocenters. The predicted octanol–water partition coefficient (Wildman–Crippen LogP) is 3.23. The van der Waals surface area contributed by atoms with Crippen molar-refractivity contribution in [2.45, 2.75) is 19.3 Å². The van der Waals surface area contributed by atoms with Gasteiger partial charge >= 0.3 is 0 Å². The van der Waals surface area contributed by atoms with E-state index in [1.807, 2.05) is 18.2 Å². The van der Waals surface area contributed by atoms with Gasteiger partial charge in [-0.2, -0.15) is 0 Å². The molecular weight excluding hydrogens is 332 g/mol. The number of ether oxygens (including phenoxy) is 2. The van der Waals surface area contributed by atoms with Crippen LogP contribution in [0.4, 0.5) is 11.4 Å². The fourth-order valence-electron chi connectivity index (χ4n) is 2.85. The Morgan fingerprint density at radius 2 is 1.88 bits per heavy atom. The van der Waals surface area contributed by atoms with Crippen LogP contribution >= 0.6 is 0 Å². The number of hydrogen-bond donors (Lipinski definition) is 1. The molecule has 0 spiro atoms. The fraction of sp³-hybridized carbons (Fsp3) is 0.300. The van der Waals surface area contributed by atoms with Gasteiger partial charge in [-0.15, -0.1) is 0 Å². The minimum absolute atomic E-state index is 0.0980. The Bertz CT molecular complexity index is 774. The van der Waals surface area contributed by atoms with Gasteiger partial charge in [0.1, 0.15) is 11.5 Å². The number of rotatable bonds is 6. The van der Waals surface area contributed by atoms with Gasteiger partial charge in [0, 0.05) is 24.3 Å². The van der Waals surface area contributed by atoms with E-state index in [9.17, 15) is 9.59 Å². The summed E-state index contributed by atoms with van der Waals surface area (Å²) in [6, 6.07) is 14.4. The van der Waals surface area contributed by atoms with Crippen molar-refractivity contribution >= 4 is 23.2 Å². The molecular formula is C20H22N2O4. The van der Waals surface area contributed by atoms with Crippen molar-refractivity contribution in [1.29, 1.82) is 0 Å². The van der Waals surface area contributed by atoms with Crippen LogP contribution in [0.25, 0.3) is 0 Å². The molecule has 26 heavy (non-hydrogen) atoms. The Morgan fingerprint density at radius 3 is 2.62 bits per heavy atom. The maximum atomic E-state index is 12.1. The maximum Gasteiger partial charge on any atom is 0.262 e. The summed E-state index contributed by atoms with van der Waals surface area (Å²) in [5.74, 6) is 1.19. The molecule has 1 aliphatic rings. The summed E-state index contributed by atoms with van der Waals surface area (Å²) in [4.78, 5) is 25.9. The van der Waals surface area contributed by atoms with Crippen LogP contribution in [-0.4, -0.2) is 32.1 Å². The molecule has 0 bridgehead atoms. The van der Waals surface area contributed by atoms with Crippen molar-refractivity contribution in [2.75, 3.05) is 30.5 Å². The average Bonchev–Trinajstić information content (AvgIpc) is 2.67. The second kappa shape index (κ2) is 8.38. The lowest BCUT2D eigenvalue weighted by Crippen LogP contribution is -2.35. The largest absolute Gasteiger partial charge is 0.497 e. The summed E-state index contributed by atoms with van der Waals surface area (Å²) >= 11 is 0. The maximum absolute atomic E-state index is 12.1. The molecule has 0 aliphatic carbocycles. The molecule has 6 heteroatoms. The Balaban J connectivity index is 1.56. The zero-order chi connectivity index (χ0) is 18.4. The molecule has 1 aliphatic heterocycles. The Morgan fingerprint density at radius 1 is 1.12 bits per heavy atom. The van der Waals surface area contributed by atoms with Crippen molar-refractivity contribution in [2.24, 2.45) is 0 Å². The molecule has 136 valence electrons. The van der Waals surface area contributed by atoms with Crippen LogP contribution in [0.1, 0.15) is 19.3 Å². The van der Waals surface area contributed by atoms with E-state index in [0.29, 0.717) is 17.9 Å². The first-order valence-electron chi connectivity index (χ1n) is 8.63. The van der Waals surface area contributed by atoms with Crippen LogP contribution in [0, 0.1) is 0 Å². The topological polar surface area (TPSA) is 67.9 Å². The van der Waals surface area contributed by atoms with Gasteiger partial charge in [-0.3, -0.25) is 9.59 Å². The SMILES string of the molecule is COc1ccc(OCC(=O)Nc2cccc(N3CCCCC3=O)c2)cc1. The van der Waals surface area contributed by atoms with Gasteiger partial charge < -0.3 is 19.7 Å². The second-order valence-electron chi connectivity index (χ2n) is 6.07. The molecule has 0 radical (unpaired) electrons. The average molecular weight is 354 g/mol. The van der Waals surface area contributed by atoms with Gasteiger partial charge in [0.25, 0.3) is 5.91 Å². The number of piperidine rings is 1. The van der Waals surface area contributed by atoms with Gasteiger partial charge in [0.2, 0.25) is 5.91 Å². The summed E-state index contributed by atoms with van der Waals surface area (Å²) in [7, 11) is 1.59. The smallest absolute Gasteiger partial charge is 0.262 e. The molecule has 2 aromatic carbocycles. The summed E-state index contributed by atoms with van der Waals surface area (Å²) < 4.78 is 10.6. The minimum atomic E-state index is -0.261. The lowest BCUT2D eigenvalue weighted by molar-refractivity contribution is -0.119. The van der Waals surface area contributed by atoms with Gasteiger partial charge in [0.15, 0.2) is 6.61 Å². The molecule has 0 aromatic heterocycles. The first kappa shape index (κ1) is 17.8. The molecule has 1 saturated heterocycles. The summed E-state index contributed by atoms with van der Waals surface area (Å²) in [6.07, 6.45) is 2.51. The highest BCUT2D eigenvalue weighted by molar-refractivity contribution is 5.96. The lowest BCUT2D eigenvalue weighted by Gasteiger charge is -2.27. The van der Waals surface area contributed by atoms with E-state index in [1.165, 1.54) is 0 Å². The van der Waals surface area contributed by atoms with Crippen LogP contribution in [0.2, 0.25) is 0 Å². The molecule has 1 N–H and O–H groups in total. The van der Waals surface area contributed by atoms with E-state index < -0.39 is 0 Å². The monoisotopic (exact) mass is 354 g/mol. The number of benzene rings is 2. The van der Waals surface area contributed by atoms with E-state index in [4.69, 9.17) is 9.47 Å². The second-order valence-corrected chi connectivity index (χ2v) is 6.07.